The van der Waals surface area contributed by atoms with Crippen LogP contribution in [-0.2, 0) is 27.2 Å². The zero-order valence-electron chi connectivity index (χ0n) is 19.1. The number of nitrogens with zero attached hydrogens (tertiary/aromatic N) is 3. The number of anilines is 1. The van der Waals surface area contributed by atoms with E-state index in [9.17, 15) is 14.4 Å². The molecule has 182 valence electrons. The average molecular weight is 515 g/mol. The highest BCUT2D eigenvalue weighted by Gasteiger charge is 2.19. The number of benzene rings is 2. The molecule has 1 heterocycles. The van der Waals surface area contributed by atoms with Gasteiger partial charge < -0.3 is 19.4 Å². The Balaban J connectivity index is 1.74. The Hall–Kier alpha value is -3.63. The summed E-state index contributed by atoms with van der Waals surface area (Å²) >= 11 is 7.14. The summed E-state index contributed by atoms with van der Waals surface area (Å²) in [5, 5.41) is 12.3. The summed E-state index contributed by atoms with van der Waals surface area (Å²) in [6.07, 6.45) is 2.26. The molecule has 11 heteroatoms. The van der Waals surface area contributed by atoms with Crippen LogP contribution in [0.25, 0.3) is 0 Å². The minimum Gasteiger partial charge on any atom is -0.465 e. The zero-order chi connectivity index (χ0) is 25.4. The van der Waals surface area contributed by atoms with Gasteiger partial charge in [-0.3, -0.25) is 4.79 Å². The first-order chi connectivity index (χ1) is 16.9. The lowest BCUT2D eigenvalue weighted by Gasteiger charge is -2.12. The molecule has 0 saturated heterocycles. The standard InChI is InChI=1S/C24H23ClN4O5S/c1-4-11-29-20(12-15-5-8-17(25)9-6-15)27-28-24(29)35-14-21(30)26-19-13-16(22(31)33-2)7-10-18(19)23(32)34-3/h4-10,13H,1,11-12,14H2,2-3H3,(H,26,30). The third-order valence-corrected chi connectivity index (χ3v) is 6.05. The number of carbonyl (C=O) groups excluding carboxylic acids is 3. The molecule has 0 spiro atoms. The number of nitrogens with one attached hydrogen (secondary N) is 1. The van der Waals surface area contributed by atoms with E-state index in [0.717, 1.165) is 5.56 Å². The lowest BCUT2D eigenvalue weighted by molar-refractivity contribution is -0.113. The van der Waals surface area contributed by atoms with Crippen molar-refractivity contribution in [2.24, 2.45) is 0 Å². The van der Waals surface area contributed by atoms with E-state index in [2.05, 4.69) is 22.1 Å². The monoisotopic (exact) mass is 514 g/mol. The normalized spacial score (nSPS) is 10.5. The second-order valence-electron chi connectivity index (χ2n) is 7.18. The van der Waals surface area contributed by atoms with Crippen LogP contribution < -0.4 is 5.32 Å². The van der Waals surface area contributed by atoms with Crippen molar-refractivity contribution in [2.45, 2.75) is 18.1 Å². The predicted octanol–water partition coefficient (Wildman–Crippen LogP) is 4.01. The van der Waals surface area contributed by atoms with E-state index in [1.54, 1.807) is 6.08 Å². The van der Waals surface area contributed by atoms with Crippen molar-refractivity contribution in [1.29, 1.82) is 0 Å². The molecule has 0 aliphatic carbocycles. The number of allylic oxidation sites excluding steroid dienone is 1. The largest absolute Gasteiger partial charge is 0.465 e. The van der Waals surface area contributed by atoms with Crippen molar-refractivity contribution in [3.05, 3.63) is 82.7 Å². The number of hydrogen-bond acceptors (Lipinski definition) is 8. The van der Waals surface area contributed by atoms with Crippen molar-refractivity contribution in [3.8, 4) is 0 Å². The van der Waals surface area contributed by atoms with Gasteiger partial charge in [0.25, 0.3) is 0 Å². The summed E-state index contributed by atoms with van der Waals surface area (Å²) in [4.78, 5) is 36.7. The quantitative estimate of drug-likeness (QED) is 0.245. The van der Waals surface area contributed by atoms with Crippen molar-refractivity contribution < 1.29 is 23.9 Å². The Morgan fingerprint density at radius 1 is 1.09 bits per heavy atom. The van der Waals surface area contributed by atoms with Gasteiger partial charge in [0.15, 0.2) is 5.16 Å². The fraction of sp³-hybridized carbons (Fsp3) is 0.208. The maximum Gasteiger partial charge on any atom is 0.339 e. The minimum absolute atomic E-state index is 0.0146. The summed E-state index contributed by atoms with van der Waals surface area (Å²) in [5.74, 6) is -0.957. The third-order valence-electron chi connectivity index (χ3n) is 4.83. The maximum absolute atomic E-state index is 12.7. The van der Waals surface area contributed by atoms with Gasteiger partial charge in [-0.1, -0.05) is 41.6 Å². The fourth-order valence-electron chi connectivity index (χ4n) is 3.15. The molecule has 1 amide bonds. The number of esters is 2. The van der Waals surface area contributed by atoms with E-state index in [-0.39, 0.29) is 22.6 Å². The van der Waals surface area contributed by atoms with Gasteiger partial charge in [-0.05, 0) is 35.9 Å². The highest BCUT2D eigenvalue weighted by molar-refractivity contribution is 7.99. The SMILES string of the molecule is C=CCn1c(Cc2ccc(Cl)cc2)nnc1SCC(=O)Nc1cc(C(=O)OC)ccc1C(=O)OC. The molecular formula is C24H23ClN4O5S. The molecule has 0 aliphatic rings. The van der Waals surface area contributed by atoms with Crippen molar-refractivity contribution in [3.63, 3.8) is 0 Å². The first-order valence-electron chi connectivity index (χ1n) is 10.4. The van der Waals surface area contributed by atoms with Gasteiger partial charge in [-0.25, -0.2) is 9.59 Å². The van der Waals surface area contributed by atoms with Crippen LogP contribution in [-0.4, -0.2) is 52.6 Å². The number of amides is 1. The van der Waals surface area contributed by atoms with E-state index in [4.69, 9.17) is 21.1 Å². The molecule has 35 heavy (non-hydrogen) atoms. The molecule has 2 aromatic carbocycles. The second-order valence-corrected chi connectivity index (χ2v) is 8.56. The van der Waals surface area contributed by atoms with Gasteiger partial charge in [0, 0.05) is 18.0 Å². The topological polar surface area (TPSA) is 112 Å². The van der Waals surface area contributed by atoms with Gasteiger partial charge in [0.05, 0.1) is 36.8 Å². The first-order valence-corrected chi connectivity index (χ1v) is 11.7. The predicted molar refractivity (Wildman–Crippen MR) is 133 cm³/mol. The van der Waals surface area contributed by atoms with E-state index >= 15 is 0 Å². The van der Waals surface area contributed by atoms with Crippen LogP contribution in [0.15, 0.2) is 60.3 Å². The van der Waals surface area contributed by atoms with Crippen LogP contribution in [0.5, 0.6) is 0 Å². The lowest BCUT2D eigenvalue weighted by Crippen LogP contribution is -2.18. The average Bonchev–Trinajstić information content (AvgIpc) is 3.24. The number of halogens is 1. The van der Waals surface area contributed by atoms with Crippen molar-refractivity contribution in [2.75, 3.05) is 25.3 Å². The summed E-state index contributed by atoms with van der Waals surface area (Å²) in [6.45, 7) is 4.25. The summed E-state index contributed by atoms with van der Waals surface area (Å²) in [5.41, 5.74) is 1.45. The van der Waals surface area contributed by atoms with Crippen LogP contribution in [0, 0.1) is 0 Å². The number of rotatable bonds is 10. The molecule has 3 rings (SSSR count). The Bertz CT molecular complexity index is 1240. The van der Waals surface area contributed by atoms with Gasteiger partial charge in [-0.15, -0.1) is 16.8 Å². The van der Waals surface area contributed by atoms with Crippen molar-refractivity contribution in [1.82, 2.24) is 14.8 Å². The first kappa shape index (κ1) is 26.0. The van der Waals surface area contributed by atoms with Crippen LogP contribution >= 0.6 is 23.4 Å². The Labute approximate surface area is 211 Å². The number of carbonyl (C=O) groups is 3. The molecular weight excluding hydrogens is 492 g/mol. The fourth-order valence-corrected chi connectivity index (χ4v) is 4.04. The molecule has 0 radical (unpaired) electrons. The van der Waals surface area contributed by atoms with E-state index in [1.807, 2.05) is 28.8 Å². The third kappa shape index (κ3) is 6.71. The molecule has 9 nitrogen and oxygen atoms in total. The van der Waals surface area contributed by atoms with Crippen molar-refractivity contribution >= 4 is 46.9 Å². The zero-order valence-corrected chi connectivity index (χ0v) is 20.7. The Kier molecular flexibility index (Phi) is 9.04. The van der Waals surface area contributed by atoms with Crippen LogP contribution in [0.3, 0.4) is 0 Å². The number of aromatic nitrogens is 3. The number of thioether (sulfide) groups is 1. The molecule has 1 N–H and O–H groups in total. The summed E-state index contributed by atoms with van der Waals surface area (Å²) < 4.78 is 11.3. The number of ether oxygens (including phenoxy) is 2. The number of hydrogen-bond donors (Lipinski definition) is 1. The van der Waals surface area contributed by atoms with Crippen LogP contribution in [0.2, 0.25) is 5.02 Å². The van der Waals surface area contributed by atoms with Crippen LogP contribution in [0.4, 0.5) is 5.69 Å². The second kappa shape index (κ2) is 12.2. The van der Waals surface area contributed by atoms with Gasteiger partial charge in [-0.2, -0.15) is 0 Å². The molecule has 0 saturated carbocycles. The molecule has 0 aliphatic heterocycles. The van der Waals surface area contributed by atoms with E-state index < -0.39 is 17.8 Å². The molecule has 3 aromatic rings. The molecule has 0 bridgehead atoms. The van der Waals surface area contributed by atoms with Gasteiger partial charge in [0.2, 0.25) is 5.91 Å². The molecule has 1 aromatic heterocycles. The maximum atomic E-state index is 12.7. The smallest absolute Gasteiger partial charge is 0.339 e. The summed E-state index contributed by atoms with van der Waals surface area (Å²) in [6, 6.07) is 11.6. The lowest BCUT2D eigenvalue weighted by atomic mass is 10.1. The molecule has 0 atom stereocenters. The highest BCUT2D eigenvalue weighted by atomic mass is 35.5. The van der Waals surface area contributed by atoms with Gasteiger partial charge in [0.1, 0.15) is 5.82 Å². The molecule has 0 fully saturated rings. The van der Waals surface area contributed by atoms with Gasteiger partial charge >= 0.3 is 11.9 Å². The molecule has 0 unspecified atom stereocenters. The minimum atomic E-state index is -0.651. The van der Waals surface area contributed by atoms with E-state index in [1.165, 1.54) is 44.2 Å². The van der Waals surface area contributed by atoms with E-state index in [0.29, 0.717) is 29.0 Å². The highest BCUT2D eigenvalue weighted by Crippen LogP contribution is 2.23. The number of methoxy groups -OCH3 is 2. The Morgan fingerprint density at radius 3 is 2.46 bits per heavy atom. The summed E-state index contributed by atoms with van der Waals surface area (Å²) in [7, 11) is 2.47. The Morgan fingerprint density at radius 2 is 1.80 bits per heavy atom. The van der Waals surface area contributed by atoms with Crippen LogP contribution in [0.1, 0.15) is 32.1 Å².